The molecule has 1 heteroatoms. The first-order valence-corrected chi connectivity index (χ1v) is 18.9. The molecule has 0 bridgehead atoms. The van der Waals surface area contributed by atoms with Crippen LogP contribution in [0, 0.1) is 0 Å². The summed E-state index contributed by atoms with van der Waals surface area (Å²) in [6.07, 6.45) is 0. The molecular formula is C52H45N. The van der Waals surface area contributed by atoms with Crippen molar-refractivity contribution < 1.29 is 0 Å². The van der Waals surface area contributed by atoms with Gasteiger partial charge in [-0.05, 0) is 107 Å². The number of nitrogens with zero attached hydrogens (tertiary/aromatic N) is 1. The minimum absolute atomic E-state index is 0.0657. The average molecular weight is 684 g/mol. The monoisotopic (exact) mass is 683 g/mol. The largest absolute Gasteiger partial charge is 0.309 e. The lowest BCUT2D eigenvalue weighted by Gasteiger charge is -2.31. The molecule has 53 heavy (non-hydrogen) atoms. The highest BCUT2D eigenvalue weighted by atomic mass is 15.1. The molecule has 1 nitrogen and oxygen atoms in total. The van der Waals surface area contributed by atoms with Crippen molar-refractivity contribution in [3.63, 3.8) is 0 Å². The van der Waals surface area contributed by atoms with Crippen LogP contribution in [0.15, 0.2) is 164 Å². The Kier molecular flexibility index (Phi) is 7.68. The molecule has 0 heterocycles. The molecule has 0 aliphatic carbocycles. The standard InChI is InChI=1S/C52H45N/c1-51(2,3)35-24-28-37(29-25-35)53(38-30-26-36(27-31-38)52(4,5)6)50-46-21-13-11-19-44(46)49(45-20-12-14-22-47(45)50)34-23-32-43-41-17-8-7-15-39(41)40-16-9-10-18-42(40)48(43)33-34/h7-33H,1-6H3. The first-order valence-electron chi connectivity index (χ1n) is 18.9. The molecular weight excluding hydrogens is 639 g/mol. The number of anilines is 3. The van der Waals surface area contributed by atoms with Crippen LogP contribution in [-0.4, -0.2) is 0 Å². The Hall–Kier alpha value is -5.92. The molecule has 0 spiro atoms. The highest BCUT2D eigenvalue weighted by molar-refractivity contribution is 6.27. The smallest absolute Gasteiger partial charge is 0.0618 e. The zero-order chi connectivity index (χ0) is 36.5. The number of benzene rings is 9. The lowest BCUT2D eigenvalue weighted by molar-refractivity contribution is 0.590. The number of rotatable bonds is 4. The Labute approximate surface area is 313 Å². The van der Waals surface area contributed by atoms with Gasteiger partial charge in [0, 0.05) is 22.1 Å². The molecule has 0 aliphatic rings. The Balaban J connectivity index is 1.34. The van der Waals surface area contributed by atoms with Gasteiger partial charge in [-0.1, -0.05) is 175 Å². The van der Waals surface area contributed by atoms with E-state index in [0.29, 0.717) is 0 Å². The van der Waals surface area contributed by atoms with Crippen molar-refractivity contribution in [2.45, 2.75) is 52.4 Å². The summed E-state index contributed by atoms with van der Waals surface area (Å²) in [6, 6.07) is 61.2. The van der Waals surface area contributed by atoms with E-state index in [9.17, 15) is 0 Å². The number of fused-ring (bicyclic) bond motifs is 8. The molecule has 0 unspecified atom stereocenters. The second kappa shape index (κ2) is 12.3. The van der Waals surface area contributed by atoms with E-state index in [1.807, 2.05) is 0 Å². The summed E-state index contributed by atoms with van der Waals surface area (Å²) < 4.78 is 0. The van der Waals surface area contributed by atoms with E-state index in [1.54, 1.807) is 0 Å². The molecule has 0 amide bonds. The minimum Gasteiger partial charge on any atom is -0.309 e. The third kappa shape index (κ3) is 5.54. The van der Waals surface area contributed by atoms with Gasteiger partial charge >= 0.3 is 0 Å². The van der Waals surface area contributed by atoms with Crippen molar-refractivity contribution >= 4 is 70.9 Å². The summed E-state index contributed by atoms with van der Waals surface area (Å²) in [7, 11) is 0. The van der Waals surface area contributed by atoms with Crippen LogP contribution >= 0.6 is 0 Å². The Bertz CT molecular complexity index is 2680. The van der Waals surface area contributed by atoms with E-state index in [4.69, 9.17) is 0 Å². The van der Waals surface area contributed by atoms with Crippen LogP contribution in [0.4, 0.5) is 17.1 Å². The van der Waals surface area contributed by atoms with Crippen LogP contribution in [0.5, 0.6) is 0 Å². The van der Waals surface area contributed by atoms with Gasteiger partial charge in [-0.15, -0.1) is 0 Å². The summed E-state index contributed by atoms with van der Waals surface area (Å²) in [4.78, 5) is 2.48. The fourth-order valence-electron chi connectivity index (χ4n) is 8.35. The van der Waals surface area contributed by atoms with Crippen molar-refractivity contribution in [2.24, 2.45) is 0 Å². The SMILES string of the molecule is CC(C)(C)c1ccc(N(c2ccc(C(C)(C)C)cc2)c2c3ccccc3c(-c3ccc4c5ccccc5c5ccccc5c4c3)c3ccccc23)cc1. The lowest BCUT2D eigenvalue weighted by Crippen LogP contribution is -2.15. The lowest BCUT2D eigenvalue weighted by atomic mass is 9.86. The van der Waals surface area contributed by atoms with E-state index in [2.05, 4.69) is 210 Å². The summed E-state index contributed by atoms with van der Waals surface area (Å²) >= 11 is 0. The van der Waals surface area contributed by atoms with E-state index in [1.165, 1.54) is 81.8 Å². The molecule has 0 fully saturated rings. The van der Waals surface area contributed by atoms with Crippen molar-refractivity contribution in [3.05, 3.63) is 175 Å². The molecule has 0 aliphatic heterocycles. The zero-order valence-corrected chi connectivity index (χ0v) is 31.5. The fourth-order valence-corrected chi connectivity index (χ4v) is 8.35. The topological polar surface area (TPSA) is 3.24 Å². The summed E-state index contributed by atoms with van der Waals surface area (Å²) in [6.45, 7) is 13.7. The normalized spacial score (nSPS) is 12.3. The quantitative estimate of drug-likeness (QED) is 0.132. The second-order valence-electron chi connectivity index (χ2n) is 16.6. The van der Waals surface area contributed by atoms with Gasteiger partial charge in [0.15, 0.2) is 0 Å². The molecule has 0 saturated carbocycles. The van der Waals surface area contributed by atoms with Crippen molar-refractivity contribution in [1.29, 1.82) is 0 Å². The second-order valence-corrected chi connectivity index (χ2v) is 16.6. The van der Waals surface area contributed by atoms with E-state index < -0.39 is 0 Å². The van der Waals surface area contributed by atoms with Gasteiger partial charge in [-0.3, -0.25) is 0 Å². The maximum Gasteiger partial charge on any atom is 0.0618 e. The molecule has 9 rings (SSSR count). The molecule has 9 aromatic rings. The summed E-state index contributed by atoms with van der Waals surface area (Å²) in [5, 5.41) is 12.7. The predicted molar refractivity (Wildman–Crippen MR) is 231 cm³/mol. The Morgan fingerprint density at radius 1 is 0.321 bits per heavy atom. The maximum atomic E-state index is 2.48. The summed E-state index contributed by atoms with van der Waals surface area (Å²) in [5.74, 6) is 0. The Morgan fingerprint density at radius 2 is 0.660 bits per heavy atom. The third-order valence-corrected chi connectivity index (χ3v) is 11.1. The van der Waals surface area contributed by atoms with Crippen LogP contribution < -0.4 is 4.90 Å². The fraction of sp³-hybridized carbons (Fsp3) is 0.154. The first kappa shape index (κ1) is 33.0. The molecule has 9 aromatic carbocycles. The maximum absolute atomic E-state index is 2.48. The van der Waals surface area contributed by atoms with Gasteiger partial charge in [0.2, 0.25) is 0 Å². The number of hydrogen-bond acceptors (Lipinski definition) is 1. The molecule has 0 aromatic heterocycles. The van der Waals surface area contributed by atoms with Gasteiger partial charge in [-0.2, -0.15) is 0 Å². The van der Waals surface area contributed by atoms with Crippen LogP contribution in [0.2, 0.25) is 0 Å². The van der Waals surface area contributed by atoms with Gasteiger partial charge < -0.3 is 4.90 Å². The van der Waals surface area contributed by atoms with Gasteiger partial charge in [-0.25, -0.2) is 0 Å². The van der Waals surface area contributed by atoms with Crippen LogP contribution in [0.1, 0.15) is 52.7 Å². The highest BCUT2D eigenvalue weighted by Crippen LogP contribution is 2.49. The Morgan fingerprint density at radius 3 is 1.06 bits per heavy atom. The highest BCUT2D eigenvalue weighted by Gasteiger charge is 2.24. The van der Waals surface area contributed by atoms with Gasteiger partial charge in [0.25, 0.3) is 0 Å². The molecule has 0 atom stereocenters. The van der Waals surface area contributed by atoms with Crippen molar-refractivity contribution in [3.8, 4) is 11.1 Å². The molecule has 0 saturated heterocycles. The first-order chi connectivity index (χ1) is 25.6. The number of hydrogen-bond donors (Lipinski definition) is 0. The van der Waals surface area contributed by atoms with Crippen molar-refractivity contribution in [1.82, 2.24) is 0 Å². The zero-order valence-electron chi connectivity index (χ0n) is 31.5. The molecule has 0 radical (unpaired) electrons. The van der Waals surface area contributed by atoms with Gasteiger partial charge in [0.1, 0.15) is 0 Å². The third-order valence-electron chi connectivity index (χ3n) is 11.1. The van der Waals surface area contributed by atoms with Crippen LogP contribution in [0.25, 0.3) is 65.0 Å². The van der Waals surface area contributed by atoms with Gasteiger partial charge in [0.05, 0.1) is 5.69 Å². The summed E-state index contributed by atoms with van der Waals surface area (Å²) in [5.41, 5.74) is 8.77. The van der Waals surface area contributed by atoms with E-state index >= 15 is 0 Å². The predicted octanol–water partition coefficient (Wildman–Crippen LogP) is 15.2. The average Bonchev–Trinajstić information content (AvgIpc) is 3.17. The van der Waals surface area contributed by atoms with E-state index in [0.717, 1.165) is 11.4 Å². The van der Waals surface area contributed by atoms with Crippen molar-refractivity contribution in [2.75, 3.05) is 4.90 Å². The van der Waals surface area contributed by atoms with Crippen LogP contribution in [-0.2, 0) is 10.8 Å². The molecule has 0 N–H and O–H groups in total. The van der Waals surface area contributed by atoms with E-state index in [-0.39, 0.29) is 10.8 Å². The minimum atomic E-state index is 0.0657. The molecule has 258 valence electrons. The van der Waals surface area contributed by atoms with Crippen LogP contribution in [0.3, 0.4) is 0 Å².